The van der Waals surface area contributed by atoms with Crippen molar-refractivity contribution in [1.82, 2.24) is 0 Å². The maximum absolute atomic E-state index is 12.9. The Kier molecular flexibility index (Phi) is 10.7. The van der Waals surface area contributed by atoms with Crippen LogP contribution in [0.25, 0.3) is 0 Å². The molecule has 190 valence electrons. The second-order valence-electron chi connectivity index (χ2n) is 7.45. The maximum Gasteiger partial charge on any atom is 0.259 e. The van der Waals surface area contributed by atoms with E-state index >= 15 is 0 Å². The van der Waals surface area contributed by atoms with E-state index in [1.165, 1.54) is 0 Å². The summed E-state index contributed by atoms with van der Waals surface area (Å²) in [4.78, 5) is 25.8. The molecule has 0 unspecified atom stereocenters. The molecule has 0 spiro atoms. The average Bonchev–Trinajstić information content (AvgIpc) is 2.87. The fourth-order valence-electron chi connectivity index (χ4n) is 3.11. The van der Waals surface area contributed by atoms with Gasteiger partial charge in [-0.1, -0.05) is 31.9 Å². The first kappa shape index (κ1) is 27.7. The van der Waals surface area contributed by atoms with Gasteiger partial charge in [-0.15, -0.1) is 0 Å². The number of anilines is 2. The molecule has 0 aliphatic heterocycles. The Morgan fingerprint density at radius 2 is 1.03 bits per heavy atom. The first-order valence-electron chi connectivity index (χ1n) is 11.0. The number of hydrogen-bond acceptors (Lipinski definition) is 6. The molecule has 2 N–H and O–H groups in total. The summed E-state index contributed by atoms with van der Waals surface area (Å²) in [6.07, 6.45) is 0. The number of hydrogen-bond donors (Lipinski definition) is 2. The summed E-state index contributed by atoms with van der Waals surface area (Å²) < 4.78 is 22.9. The van der Waals surface area contributed by atoms with Crippen molar-refractivity contribution >= 4 is 55.0 Å². The zero-order valence-electron chi connectivity index (χ0n) is 19.8. The molecule has 0 radical (unpaired) electrons. The molecule has 0 fully saturated rings. The number of nitrogens with one attached hydrogen (secondary N) is 2. The lowest BCUT2D eigenvalue weighted by Gasteiger charge is -2.13. The molecule has 0 saturated carbocycles. The lowest BCUT2D eigenvalue weighted by atomic mass is 10.1. The van der Waals surface area contributed by atoms with Crippen molar-refractivity contribution in [3.8, 4) is 11.5 Å². The largest absolute Gasteiger partial charge is 0.490 e. The molecule has 10 heteroatoms. The molecule has 0 aliphatic carbocycles. The lowest BCUT2D eigenvalue weighted by Crippen LogP contribution is -2.16. The van der Waals surface area contributed by atoms with Gasteiger partial charge in [0.25, 0.3) is 11.8 Å². The van der Waals surface area contributed by atoms with E-state index in [-0.39, 0.29) is 11.8 Å². The monoisotopic (exact) mass is 620 g/mol. The molecule has 0 heterocycles. The minimum absolute atomic E-state index is 0.323. The topological polar surface area (TPSA) is 95.1 Å². The number of ether oxygens (including phenoxy) is 4. The van der Waals surface area contributed by atoms with Gasteiger partial charge in [0.1, 0.15) is 24.7 Å². The van der Waals surface area contributed by atoms with Crippen molar-refractivity contribution in [2.75, 3.05) is 51.3 Å². The highest BCUT2D eigenvalue weighted by Gasteiger charge is 2.16. The summed E-state index contributed by atoms with van der Waals surface area (Å²) in [5, 5.41) is 5.70. The van der Waals surface area contributed by atoms with Crippen LogP contribution in [0.5, 0.6) is 11.5 Å². The van der Waals surface area contributed by atoms with Crippen LogP contribution in [0.4, 0.5) is 11.4 Å². The highest BCUT2D eigenvalue weighted by atomic mass is 79.9. The zero-order chi connectivity index (χ0) is 25.9. The standard InChI is InChI=1S/C26H26Br2N2O6/c1-33-11-13-35-23-9-3-17(27)15-21(23)25(31)29-19-5-7-20(8-6-19)30-26(32)22-16-18(28)4-10-24(22)36-14-12-34-2/h3-10,15-16H,11-14H2,1-2H3,(H,29,31)(H,30,32). The van der Waals surface area contributed by atoms with Crippen molar-refractivity contribution in [2.24, 2.45) is 0 Å². The third-order valence-corrected chi connectivity index (χ3v) is 5.85. The average molecular weight is 622 g/mol. The van der Waals surface area contributed by atoms with Crippen LogP contribution in [0.1, 0.15) is 20.7 Å². The van der Waals surface area contributed by atoms with Gasteiger partial charge in [0.15, 0.2) is 0 Å². The molecule has 8 nitrogen and oxygen atoms in total. The molecular weight excluding hydrogens is 596 g/mol. The summed E-state index contributed by atoms with van der Waals surface area (Å²) >= 11 is 6.78. The van der Waals surface area contributed by atoms with Crippen LogP contribution in [0.2, 0.25) is 0 Å². The van der Waals surface area contributed by atoms with E-state index in [0.29, 0.717) is 60.4 Å². The van der Waals surface area contributed by atoms with Gasteiger partial charge in [-0.3, -0.25) is 9.59 Å². The fraction of sp³-hybridized carbons (Fsp3) is 0.231. The summed E-state index contributed by atoms with van der Waals surface area (Å²) in [5.41, 5.74) is 1.89. The first-order chi connectivity index (χ1) is 17.4. The van der Waals surface area contributed by atoms with Gasteiger partial charge in [0.05, 0.1) is 24.3 Å². The SMILES string of the molecule is COCCOc1ccc(Br)cc1C(=O)Nc1ccc(NC(=O)c2cc(Br)ccc2OCCOC)cc1. The number of carbonyl (C=O) groups is 2. The number of benzene rings is 3. The van der Waals surface area contributed by atoms with E-state index in [9.17, 15) is 9.59 Å². The van der Waals surface area contributed by atoms with Crippen LogP contribution >= 0.6 is 31.9 Å². The molecular formula is C26H26Br2N2O6. The molecule has 2 amide bonds. The molecule has 0 saturated heterocycles. The Hall–Kier alpha value is -2.92. The van der Waals surface area contributed by atoms with Crippen molar-refractivity contribution in [1.29, 1.82) is 0 Å². The molecule has 3 rings (SSSR count). The maximum atomic E-state index is 12.9. The number of rotatable bonds is 12. The Morgan fingerprint density at radius 1 is 0.639 bits per heavy atom. The van der Waals surface area contributed by atoms with Gasteiger partial charge in [0.2, 0.25) is 0 Å². The molecule has 3 aromatic rings. The summed E-state index contributed by atoms with van der Waals surface area (Å²) in [6, 6.07) is 17.2. The third kappa shape index (κ3) is 8.06. The Balaban J connectivity index is 1.67. The Bertz CT molecular complexity index is 1100. The fourth-order valence-corrected chi connectivity index (χ4v) is 3.84. The van der Waals surface area contributed by atoms with Crippen molar-refractivity contribution in [2.45, 2.75) is 0 Å². The number of methoxy groups -OCH3 is 2. The number of halogens is 2. The van der Waals surface area contributed by atoms with Crippen molar-refractivity contribution in [3.05, 3.63) is 80.7 Å². The second-order valence-corrected chi connectivity index (χ2v) is 9.28. The van der Waals surface area contributed by atoms with Crippen LogP contribution < -0.4 is 20.1 Å². The van der Waals surface area contributed by atoms with Crippen LogP contribution in [-0.2, 0) is 9.47 Å². The summed E-state index contributed by atoms with van der Waals surface area (Å²) in [6.45, 7) is 1.46. The van der Waals surface area contributed by atoms with Gasteiger partial charge in [-0.05, 0) is 60.7 Å². The number of amides is 2. The van der Waals surface area contributed by atoms with E-state index in [1.54, 1.807) is 74.9 Å². The molecule has 36 heavy (non-hydrogen) atoms. The van der Waals surface area contributed by atoms with Crippen molar-refractivity contribution < 1.29 is 28.5 Å². The van der Waals surface area contributed by atoms with E-state index in [1.807, 2.05) is 0 Å². The van der Waals surface area contributed by atoms with Gasteiger partial charge in [0, 0.05) is 34.5 Å². The first-order valence-corrected chi connectivity index (χ1v) is 12.5. The second kappa shape index (κ2) is 14.0. The van der Waals surface area contributed by atoms with Gasteiger partial charge >= 0.3 is 0 Å². The quantitative estimate of drug-likeness (QED) is 0.250. The minimum atomic E-state index is -0.326. The molecule has 3 aromatic carbocycles. The molecule has 0 atom stereocenters. The molecule has 0 bridgehead atoms. The van der Waals surface area contributed by atoms with Gasteiger partial charge < -0.3 is 29.6 Å². The van der Waals surface area contributed by atoms with E-state index in [0.717, 1.165) is 8.95 Å². The van der Waals surface area contributed by atoms with Gasteiger partial charge in [-0.25, -0.2) is 0 Å². The van der Waals surface area contributed by atoms with Crippen molar-refractivity contribution in [3.63, 3.8) is 0 Å². The normalized spacial score (nSPS) is 10.6. The lowest BCUT2D eigenvalue weighted by molar-refractivity contribution is 0.101. The molecule has 0 aliphatic rings. The molecule has 0 aromatic heterocycles. The van der Waals surface area contributed by atoms with E-state index < -0.39 is 0 Å². The van der Waals surface area contributed by atoms with Crippen LogP contribution in [-0.4, -0.2) is 52.5 Å². The number of carbonyl (C=O) groups excluding carboxylic acids is 2. The summed E-state index contributed by atoms with van der Waals surface area (Å²) in [7, 11) is 3.17. The predicted octanol–water partition coefficient (Wildman–Crippen LogP) is 5.77. The van der Waals surface area contributed by atoms with Crippen LogP contribution in [0.3, 0.4) is 0 Å². The van der Waals surface area contributed by atoms with Gasteiger partial charge in [-0.2, -0.15) is 0 Å². The Morgan fingerprint density at radius 3 is 1.39 bits per heavy atom. The summed E-state index contributed by atoms with van der Waals surface area (Å²) in [5.74, 6) is 0.253. The van der Waals surface area contributed by atoms with E-state index in [4.69, 9.17) is 18.9 Å². The zero-order valence-corrected chi connectivity index (χ0v) is 23.0. The third-order valence-electron chi connectivity index (χ3n) is 4.86. The highest BCUT2D eigenvalue weighted by Crippen LogP contribution is 2.26. The highest BCUT2D eigenvalue weighted by molar-refractivity contribution is 9.10. The Labute approximate surface area is 226 Å². The van der Waals surface area contributed by atoms with Crippen LogP contribution in [0, 0.1) is 0 Å². The van der Waals surface area contributed by atoms with Crippen LogP contribution in [0.15, 0.2) is 69.6 Å². The predicted molar refractivity (Wildman–Crippen MR) is 145 cm³/mol. The minimum Gasteiger partial charge on any atom is -0.490 e. The smallest absolute Gasteiger partial charge is 0.259 e. The van der Waals surface area contributed by atoms with E-state index in [2.05, 4.69) is 42.5 Å².